The molecule has 1 saturated heterocycles. The number of hydrogen-bond acceptors (Lipinski definition) is 5. The Kier molecular flexibility index (Phi) is 4.81. The van der Waals surface area contributed by atoms with E-state index >= 15 is 0 Å². The number of aromatic nitrogens is 4. The van der Waals surface area contributed by atoms with Gasteiger partial charge in [0.25, 0.3) is 0 Å². The molecule has 1 atom stereocenters. The highest BCUT2D eigenvalue weighted by molar-refractivity contribution is 5.83. The van der Waals surface area contributed by atoms with Crippen LogP contribution in [-0.4, -0.2) is 31.5 Å². The molecule has 5 aromatic rings. The lowest BCUT2D eigenvalue weighted by molar-refractivity contribution is -0.189. The molecule has 1 aliphatic rings. The summed E-state index contributed by atoms with van der Waals surface area (Å²) in [5, 5.41) is 5.62. The summed E-state index contributed by atoms with van der Waals surface area (Å²) in [5.74, 6) is 0.944. The number of nitrogens with zero attached hydrogens (tertiary/aromatic N) is 4. The Hall–Kier alpha value is -3.84. The predicted molar refractivity (Wildman–Crippen MR) is 127 cm³/mol. The lowest BCUT2D eigenvalue weighted by atomic mass is 9.93. The summed E-state index contributed by atoms with van der Waals surface area (Å²) >= 11 is 0. The monoisotopic (exact) mass is 454 g/mol. The van der Waals surface area contributed by atoms with Crippen LogP contribution in [0.1, 0.15) is 20.3 Å². The SMILES string of the molecule is CC1(C)CC(Cn2cc(-c3ncc4cc(-c5ccccc5)oc4n3)c(-c3ccc(F)cc3)n2)O1. The van der Waals surface area contributed by atoms with Gasteiger partial charge in [0.15, 0.2) is 5.82 Å². The summed E-state index contributed by atoms with van der Waals surface area (Å²) in [6, 6.07) is 18.1. The second-order valence-corrected chi connectivity index (χ2v) is 9.25. The topological polar surface area (TPSA) is 66.0 Å². The van der Waals surface area contributed by atoms with Gasteiger partial charge in [0.1, 0.15) is 17.3 Å². The lowest BCUT2D eigenvalue weighted by Gasteiger charge is -2.42. The Labute approximate surface area is 196 Å². The van der Waals surface area contributed by atoms with E-state index in [9.17, 15) is 4.39 Å². The molecule has 7 heteroatoms. The van der Waals surface area contributed by atoms with Gasteiger partial charge >= 0.3 is 0 Å². The highest BCUT2D eigenvalue weighted by Crippen LogP contribution is 2.35. The second kappa shape index (κ2) is 7.88. The molecule has 1 fully saturated rings. The number of hydrogen-bond donors (Lipinski definition) is 0. The van der Waals surface area contributed by atoms with Gasteiger partial charge < -0.3 is 9.15 Å². The number of fused-ring (bicyclic) bond motifs is 1. The van der Waals surface area contributed by atoms with Crippen LogP contribution in [0.3, 0.4) is 0 Å². The minimum absolute atomic E-state index is 0.0929. The molecule has 3 aromatic heterocycles. The molecular formula is C27H23FN4O2. The van der Waals surface area contributed by atoms with E-state index in [1.807, 2.05) is 47.3 Å². The third-order valence-corrected chi connectivity index (χ3v) is 6.05. The molecule has 2 aromatic carbocycles. The van der Waals surface area contributed by atoms with Gasteiger partial charge in [0.05, 0.1) is 29.2 Å². The van der Waals surface area contributed by atoms with E-state index in [4.69, 9.17) is 19.2 Å². The number of halogens is 1. The first kappa shape index (κ1) is 20.7. The van der Waals surface area contributed by atoms with Gasteiger partial charge in [-0.2, -0.15) is 10.1 Å². The van der Waals surface area contributed by atoms with Crippen LogP contribution < -0.4 is 0 Å². The van der Waals surface area contributed by atoms with Crippen molar-refractivity contribution in [3.05, 3.63) is 78.9 Å². The molecule has 6 rings (SSSR count). The van der Waals surface area contributed by atoms with Crippen molar-refractivity contribution in [1.82, 2.24) is 19.7 Å². The fourth-order valence-corrected chi connectivity index (χ4v) is 4.51. The Morgan fingerprint density at radius 2 is 1.82 bits per heavy atom. The van der Waals surface area contributed by atoms with E-state index in [0.29, 0.717) is 23.8 Å². The van der Waals surface area contributed by atoms with Crippen LogP contribution in [0, 0.1) is 5.82 Å². The Morgan fingerprint density at radius 1 is 1.06 bits per heavy atom. The number of rotatable bonds is 5. The Balaban J connectivity index is 1.40. The van der Waals surface area contributed by atoms with Gasteiger partial charge in [-0.15, -0.1) is 0 Å². The van der Waals surface area contributed by atoms with E-state index in [0.717, 1.165) is 34.3 Å². The molecule has 34 heavy (non-hydrogen) atoms. The average Bonchev–Trinajstić information content (AvgIpc) is 3.43. The standard InChI is InChI=1S/C27H23FN4O2/c1-27(2)13-21(34-27)15-32-16-22(24(31-32)18-8-10-20(28)11-9-18)25-29-14-19-12-23(33-26(19)30-25)17-6-4-3-5-7-17/h3-12,14,16,21H,13,15H2,1-2H3. The summed E-state index contributed by atoms with van der Waals surface area (Å²) in [7, 11) is 0. The summed E-state index contributed by atoms with van der Waals surface area (Å²) in [6.45, 7) is 4.79. The highest BCUT2D eigenvalue weighted by Gasteiger charge is 2.37. The fraction of sp³-hybridized carbons (Fsp3) is 0.222. The minimum atomic E-state index is -0.295. The maximum atomic E-state index is 13.6. The molecule has 0 N–H and O–H groups in total. The molecule has 1 aliphatic heterocycles. The predicted octanol–water partition coefficient (Wildman–Crippen LogP) is 6.13. The first-order chi connectivity index (χ1) is 16.4. The third kappa shape index (κ3) is 3.88. The first-order valence-electron chi connectivity index (χ1n) is 11.3. The van der Waals surface area contributed by atoms with Crippen LogP contribution in [0.15, 0.2) is 77.5 Å². The molecule has 0 saturated carbocycles. The number of furan rings is 1. The van der Waals surface area contributed by atoms with Crippen molar-refractivity contribution >= 4 is 11.1 Å². The lowest BCUT2D eigenvalue weighted by Crippen LogP contribution is -2.47. The smallest absolute Gasteiger partial charge is 0.230 e. The van der Waals surface area contributed by atoms with E-state index in [2.05, 4.69) is 18.8 Å². The van der Waals surface area contributed by atoms with Gasteiger partial charge in [0.2, 0.25) is 5.71 Å². The molecule has 0 bridgehead atoms. The first-order valence-corrected chi connectivity index (χ1v) is 11.3. The van der Waals surface area contributed by atoms with Gasteiger partial charge in [-0.1, -0.05) is 30.3 Å². The van der Waals surface area contributed by atoms with Crippen molar-refractivity contribution in [1.29, 1.82) is 0 Å². The largest absolute Gasteiger partial charge is 0.438 e. The molecule has 0 spiro atoms. The molecule has 0 radical (unpaired) electrons. The fourth-order valence-electron chi connectivity index (χ4n) is 4.51. The Morgan fingerprint density at radius 3 is 2.56 bits per heavy atom. The summed E-state index contributed by atoms with van der Waals surface area (Å²) in [4.78, 5) is 9.32. The average molecular weight is 455 g/mol. The highest BCUT2D eigenvalue weighted by atomic mass is 19.1. The second-order valence-electron chi connectivity index (χ2n) is 9.25. The zero-order valence-electron chi connectivity index (χ0n) is 18.9. The summed E-state index contributed by atoms with van der Waals surface area (Å²) in [5.41, 5.74) is 3.62. The van der Waals surface area contributed by atoms with Crippen LogP contribution >= 0.6 is 0 Å². The molecule has 6 nitrogen and oxygen atoms in total. The number of ether oxygens (including phenoxy) is 1. The van der Waals surface area contributed by atoms with E-state index < -0.39 is 0 Å². The molecule has 0 amide bonds. The van der Waals surface area contributed by atoms with Gasteiger partial charge in [0, 0.05) is 29.9 Å². The zero-order chi connectivity index (χ0) is 23.3. The van der Waals surface area contributed by atoms with Crippen molar-refractivity contribution in [2.45, 2.75) is 38.5 Å². The molecular weight excluding hydrogens is 431 g/mol. The van der Waals surface area contributed by atoms with E-state index in [1.165, 1.54) is 12.1 Å². The Bertz CT molecular complexity index is 1460. The van der Waals surface area contributed by atoms with Gasteiger partial charge in [-0.3, -0.25) is 4.68 Å². The van der Waals surface area contributed by atoms with Crippen molar-refractivity contribution in [3.8, 4) is 34.0 Å². The summed E-state index contributed by atoms with van der Waals surface area (Å²) in [6.07, 6.45) is 4.75. The van der Waals surface area contributed by atoms with Crippen molar-refractivity contribution in [3.63, 3.8) is 0 Å². The summed E-state index contributed by atoms with van der Waals surface area (Å²) < 4.78 is 27.4. The maximum absolute atomic E-state index is 13.6. The van der Waals surface area contributed by atoms with Crippen LogP contribution in [0.25, 0.3) is 45.1 Å². The van der Waals surface area contributed by atoms with Crippen LogP contribution in [0.5, 0.6) is 0 Å². The van der Waals surface area contributed by atoms with E-state index in [-0.39, 0.29) is 17.5 Å². The number of benzene rings is 2. The van der Waals surface area contributed by atoms with Crippen LogP contribution in [0.2, 0.25) is 0 Å². The maximum Gasteiger partial charge on any atom is 0.230 e. The van der Waals surface area contributed by atoms with E-state index in [1.54, 1.807) is 18.3 Å². The third-order valence-electron chi connectivity index (χ3n) is 6.05. The van der Waals surface area contributed by atoms with Gasteiger partial charge in [-0.05, 0) is 44.2 Å². The molecule has 1 unspecified atom stereocenters. The van der Waals surface area contributed by atoms with Crippen LogP contribution in [0.4, 0.5) is 4.39 Å². The zero-order valence-corrected chi connectivity index (χ0v) is 18.9. The van der Waals surface area contributed by atoms with Crippen molar-refractivity contribution in [2.24, 2.45) is 0 Å². The minimum Gasteiger partial charge on any atom is -0.438 e. The quantitative estimate of drug-likeness (QED) is 0.320. The van der Waals surface area contributed by atoms with Crippen molar-refractivity contribution < 1.29 is 13.5 Å². The van der Waals surface area contributed by atoms with Gasteiger partial charge in [-0.25, -0.2) is 9.37 Å². The van der Waals surface area contributed by atoms with Crippen LogP contribution in [-0.2, 0) is 11.3 Å². The molecule has 170 valence electrons. The normalized spacial score (nSPS) is 17.1. The van der Waals surface area contributed by atoms with Crippen molar-refractivity contribution in [2.75, 3.05) is 0 Å². The molecule has 4 heterocycles. The molecule has 0 aliphatic carbocycles.